The van der Waals surface area contributed by atoms with Gasteiger partial charge in [0, 0.05) is 25.7 Å². The smallest absolute Gasteiger partial charge is 0.149 e. The lowest BCUT2D eigenvalue weighted by Crippen LogP contribution is -2.42. The summed E-state index contributed by atoms with van der Waals surface area (Å²) in [6, 6.07) is 3.62. The van der Waals surface area contributed by atoms with Gasteiger partial charge in [-0.3, -0.25) is 0 Å². The monoisotopic (exact) mass is 228 g/mol. The Balaban J connectivity index is 2.99. The first kappa shape index (κ1) is 12.9. The molecule has 0 amide bonds. The molecule has 4 heteroatoms. The first-order valence-corrected chi connectivity index (χ1v) is 5.35. The minimum atomic E-state index is -0.566. The highest BCUT2D eigenvalue weighted by Gasteiger charge is 2.19. The van der Waals surface area contributed by atoms with E-state index in [2.05, 4.69) is 0 Å². The molecule has 1 aromatic carbocycles. The number of nitrogens with zero attached hydrogens (tertiary/aromatic N) is 1. The molecule has 0 fully saturated rings. The zero-order chi connectivity index (χ0) is 12.3. The van der Waals surface area contributed by atoms with Crippen LogP contribution in [0.1, 0.15) is 13.8 Å². The highest BCUT2D eigenvalue weighted by Crippen LogP contribution is 2.22. The fourth-order valence-electron chi connectivity index (χ4n) is 1.82. The normalized spacial score (nSPS) is 12.9. The van der Waals surface area contributed by atoms with Crippen molar-refractivity contribution in [1.29, 1.82) is 0 Å². The van der Waals surface area contributed by atoms with Crippen molar-refractivity contribution in [3.8, 4) is 0 Å². The third kappa shape index (κ3) is 2.70. The maximum atomic E-state index is 13.5. The topological polar surface area (TPSA) is 29.3 Å². The highest BCUT2D eigenvalue weighted by molar-refractivity contribution is 5.48. The Hall–Kier alpha value is -1.16. The number of rotatable bonds is 4. The number of benzene rings is 1. The maximum absolute atomic E-state index is 13.5. The maximum Gasteiger partial charge on any atom is 0.149 e. The quantitative estimate of drug-likeness (QED) is 0.857. The Morgan fingerprint density at radius 3 is 2.38 bits per heavy atom. The molecule has 0 aliphatic rings. The molecule has 2 nitrogen and oxygen atoms in total. The van der Waals surface area contributed by atoms with Crippen molar-refractivity contribution in [2.24, 2.45) is 11.7 Å². The third-order valence-electron chi connectivity index (χ3n) is 2.80. The molecule has 2 N–H and O–H groups in total. The van der Waals surface area contributed by atoms with Gasteiger partial charge < -0.3 is 10.6 Å². The van der Waals surface area contributed by atoms with E-state index in [0.717, 1.165) is 6.07 Å². The van der Waals surface area contributed by atoms with Gasteiger partial charge in [0.15, 0.2) is 0 Å². The van der Waals surface area contributed by atoms with Gasteiger partial charge in [0.2, 0.25) is 0 Å². The second-order valence-electron chi connectivity index (χ2n) is 4.25. The van der Waals surface area contributed by atoms with Gasteiger partial charge in [0.25, 0.3) is 0 Å². The second kappa shape index (κ2) is 5.25. The number of likely N-dealkylation sites (N-methyl/N-ethyl adjacent to an activating group) is 1. The van der Waals surface area contributed by atoms with Crippen molar-refractivity contribution in [3.63, 3.8) is 0 Å². The fraction of sp³-hybridized carbons (Fsp3) is 0.500. The summed E-state index contributed by atoms with van der Waals surface area (Å²) in [5.41, 5.74) is 6.03. The first-order chi connectivity index (χ1) is 7.47. The van der Waals surface area contributed by atoms with Crippen LogP contribution in [-0.4, -0.2) is 19.6 Å². The molecule has 90 valence electrons. The van der Waals surface area contributed by atoms with E-state index in [0.29, 0.717) is 18.2 Å². The van der Waals surface area contributed by atoms with Crippen molar-refractivity contribution in [2.75, 3.05) is 18.5 Å². The van der Waals surface area contributed by atoms with Gasteiger partial charge in [-0.2, -0.15) is 0 Å². The van der Waals surface area contributed by atoms with Crippen molar-refractivity contribution in [1.82, 2.24) is 0 Å². The Bertz CT molecular complexity index is 353. The van der Waals surface area contributed by atoms with Crippen LogP contribution in [0.2, 0.25) is 0 Å². The molecule has 1 atom stereocenters. The predicted molar refractivity (Wildman–Crippen MR) is 62.4 cm³/mol. The van der Waals surface area contributed by atoms with Gasteiger partial charge in [-0.25, -0.2) is 8.78 Å². The zero-order valence-electron chi connectivity index (χ0n) is 9.87. The lowest BCUT2D eigenvalue weighted by Gasteiger charge is -2.32. The van der Waals surface area contributed by atoms with Crippen molar-refractivity contribution in [2.45, 2.75) is 19.9 Å². The molecule has 0 heterocycles. The van der Waals surface area contributed by atoms with E-state index >= 15 is 0 Å². The van der Waals surface area contributed by atoms with E-state index in [1.165, 1.54) is 12.1 Å². The van der Waals surface area contributed by atoms with Gasteiger partial charge in [0.05, 0.1) is 5.69 Å². The van der Waals surface area contributed by atoms with Crippen LogP contribution in [0, 0.1) is 17.6 Å². The summed E-state index contributed by atoms with van der Waals surface area (Å²) in [5, 5.41) is 0. The van der Waals surface area contributed by atoms with Crippen LogP contribution in [0.3, 0.4) is 0 Å². The van der Waals surface area contributed by atoms with Crippen molar-refractivity contribution >= 4 is 5.69 Å². The standard InChI is InChI=1S/C12H18F2N2/c1-8(2)12(7-15)16(3)11-5-4-9(13)6-10(11)14/h4-6,8,12H,7,15H2,1-3H3. The lowest BCUT2D eigenvalue weighted by atomic mass is 10.0. The number of nitrogens with two attached hydrogens (primary N) is 1. The number of hydrogen-bond donors (Lipinski definition) is 1. The van der Waals surface area contributed by atoms with E-state index in [4.69, 9.17) is 5.73 Å². The summed E-state index contributed by atoms with van der Waals surface area (Å²) in [6.45, 7) is 4.48. The minimum Gasteiger partial charge on any atom is -0.368 e. The minimum absolute atomic E-state index is 0.0416. The van der Waals surface area contributed by atoms with Crippen molar-refractivity contribution < 1.29 is 8.78 Å². The van der Waals surface area contributed by atoms with Gasteiger partial charge in [0.1, 0.15) is 11.6 Å². The van der Waals surface area contributed by atoms with Crippen LogP contribution in [0.15, 0.2) is 18.2 Å². The van der Waals surface area contributed by atoms with E-state index < -0.39 is 11.6 Å². The van der Waals surface area contributed by atoms with Crippen LogP contribution in [0.25, 0.3) is 0 Å². The number of halogens is 2. The summed E-state index contributed by atoms with van der Waals surface area (Å²) < 4.78 is 26.3. The summed E-state index contributed by atoms with van der Waals surface area (Å²) in [6.07, 6.45) is 0. The molecular weight excluding hydrogens is 210 g/mol. The zero-order valence-corrected chi connectivity index (χ0v) is 9.87. The largest absolute Gasteiger partial charge is 0.368 e. The molecule has 0 saturated carbocycles. The van der Waals surface area contributed by atoms with Crippen LogP contribution >= 0.6 is 0 Å². The molecule has 1 unspecified atom stereocenters. The van der Waals surface area contributed by atoms with Gasteiger partial charge in [-0.15, -0.1) is 0 Å². The van der Waals surface area contributed by atoms with E-state index in [1.807, 2.05) is 13.8 Å². The Morgan fingerprint density at radius 2 is 1.94 bits per heavy atom. The molecule has 0 radical (unpaired) electrons. The Labute approximate surface area is 95.1 Å². The van der Waals surface area contributed by atoms with Crippen LogP contribution < -0.4 is 10.6 Å². The molecule has 0 bridgehead atoms. The van der Waals surface area contributed by atoms with Crippen LogP contribution in [0.4, 0.5) is 14.5 Å². The first-order valence-electron chi connectivity index (χ1n) is 5.35. The second-order valence-corrected chi connectivity index (χ2v) is 4.25. The molecule has 0 spiro atoms. The fourth-order valence-corrected chi connectivity index (χ4v) is 1.82. The van der Waals surface area contributed by atoms with E-state index in [9.17, 15) is 8.78 Å². The average molecular weight is 228 g/mol. The molecule has 0 saturated heterocycles. The molecule has 0 aromatic heterocycles. The predicted octanol–water partition coefficient (Wildman–Crippen LogP) is 2.38. The van der Waals surface area contributed by atoms with Crippen LogP contribution in [0.5, 0.6) is 0 Å². The third-order valence-corrected chi connectivity index (χ3v) is 2.80. The molecule has 16 heavy (non-hydrogen) atoms. The number of anilines is 1. The summed E-state index contributed by atoms with van der Waals surface area (Å²) >= 11 is 0. The number of hydrogen-bond acceptors (Lipinski definition) is 2. The Kier molecular flexibility index (Phi) is 4.24. The van der Waals surface area contributed by atoms with E-state index in [-0.39, 0.29) is 6.04 Å². The molecule has 1 rings (SSSR count). The molecule has 1 aromatic rings. The van der Waals surface area contributed by atoms with Gasteiger partial charge >= 0.3 is 0 Å². The summed E-state index contributed by atoms with van der Waals surface area (Å²) in [4.78, 5) is 1.76. The molecular formula is C12H18F2N2. The SMILES string of the molecule is CC(C)C(CN)N(C)c1ccc(F)cc1F. The van der Waals surface area contributed by atoms with Gasteiger partial charge in [-0.05, 0) is 18.1 Å². The van der Waals surface area contributed by atoms with Crippen molar-refractivity contribution in [3.05, 3.63) is 29.8 Å². The Morgan fingerprint density at radius 1 is 1.31 bits per heavy atom. The van der Waals surface area contributed by atoms with E-state index in [1.54, 1.807) is 11.9 Å². The lowest BCUT2D eigenvalue weighted by molar-refractivity contribution is 0.472. The van der Waals surface area contributed by atoms with Crippen LogP contribution in [-0.2, 0) is 0 Å². The highest BCUT2D eigenvalue weighted by atomic mass is 19.1. The van der Waals surface area contributed by atoms with Gasteiger partial charge in [-0.1, -0.05) is 13.8 Å². The summed E-state index contributed by atoms with van der Waals surface area (Å²) in [7, 11) is 1.77. The molecule has 0 aliphatic carbocycles. The average Bonchev–Trinajstić information content (AvgIpc) is 2.17. The summed E-state index contributed by atoms with van der Waals surface area (Å²) in [5.74, 6) is -0.815. The molecule has 0 aliphatic heterocycles.